The van der Waals surface area contributed by atoms with Crippen LogP contribution in [0.2, 0.25) is 0 Å². The van der Waals surface area contributed by atoms with Crippen LogP contribution >= 0.6 is 0 Å². The Bertz CT molecular complexity index is 679. The highest BCUT2D eigenvalue weighted by molar-refractivity contribution is 7.87. The van der Waals surface area contributed by atoms with E-state index in [0.29, 0.717) is 0 Å². The highest BCUT2D eigenvalue weighted by Crippen LogP contribution is 2.36. The lowest BCUT2D eigenvalue weighted by Gasteiger charge is -2.24. The average molecular weight is 398 g/mol. The normalized spacial score (nSPS) is 28.2. The summed E-state index contributed by atoms with van der Waals surface area (Å²) in [5, 5.41) is 0. The van der Waals surface area contributed by atoms with Crippen LogP contribution in [-0.2, 0) is 35.1 Å². The Morgan fingerprint density at radius 3 is 2.38 bits per heavy atom. The van der Waals surface area contributed by atoms with Crippen LogP contribution in [0.15, 0.2) is 30.3 Å². The van der Waals surface area contributed by atoms with Crippen LogP contribution < -0.4 is 0 Å². The van der Waals surface area contributed by atoms with Crippen molar-refractivity contribution in [2.75, 3.05) is 7.11 Å². The number of rotatable bonds is 7. The Kier molecular flexibility index (Phi) is 6.67. The van der Waals surface area contributed by atoms with E-state index in [-0.39, 0.29) is 6.61 Å². The van der Waals surface area contributed by atoms with Crippen LogP contribution in [0.1, 0.15) is 19.4 Å². The topological polar surface area (TPSA) is 71.1 Å². The molecule has 1 aromatic rings. The molecule has 1 aromatic carbocycles. The number of hydrogen-bond donors (Lipinski definition) is 0. The number of hydrogen-bond acceptors (Lipinski definition) is 6. The molecule has 0 spiro atoms. The first-order valence-electron chi connectivity index (χ1n) is 7.90. The Hall–Kier alpha value is -1.20. The van der Waals surface area contributed by atoms with Crippen molar-refractivity contribution in [2.24, 2.45) is 5.92 Å². The highest BCUT2D eigenvalue weighted by atomic mass is 32.2. The summed E-state index contributed by atoms with van der Waals surface area (Å²) in [6.07, 6.45) is -3.91. The molecule has 0 bridgehead atoms. The summed E-state index contributed by atoms with van der Waals surface area (Å²) < 4.78 is 81.0. The van der Waals surface area contributed by atoms with Crippen molar-refractivity contribution >= 4 is 10.1 Å². The second-order valence-electron chi connectivity index (χ2n) is 6.03. The zero-order chi connectivity index (χ0) is 19.5. The second kappa shape index (κ2) is 8.22. The van der Waals surface area contributed by atoms with Gasteiger partial charge in [0.05, 0.1) is 18.8 Å². The summed E-state index contributed by atoms with van der Waals surface area (Å²) in [5.74, 6) is -0.706. The molecule has 6 nitrogen and oxygen atoms in total. The fourth-order valence-electron chi connectivity index (χ4n) is 2.75. The average Bonchev–Trinajstić information content (AvgIpc) is 2.88. The van der Waals surface area contributed by atoms with E-state index in [1.165, 1.54) is 14.0 Å². The van der Waals surface area contributed by atoms with E-state index >= 15 is 0 Å². The van der Waals surface area contributed by atoms with Gasteiger partial charge in [0.2, 0.25) is 0 Å². The summed E-state index contributed by atoms with van der Waals surface area (Å²) in [7, 11) is -4.56. The van der Waals surface area contributed by atoms with Crippen molar-refractivity contribution in [2.45, 2.75) is 50.6 Å². The van der Waals surface area contributed by atoms with Gasteiger partial charge in [0.15, 0.2) is 6.29 Å². The van der Waals surface area contributed by atoms with Gasteiger partial charge in [-0.3, -0.25) is 4.18 Å². The molecule has 2 rings (SSSR count). The van der Waals surface area contributed by atoms with E-state index in [9.17, 15) is 21.6 Å². The molecule has 0 saturated carbocycles. The number of benzene rings is 1. The van der Waals surface area contributed by atoms with Gasteiger partial charge in [-0.25, -0.2) is 0 Å². The minimum Gasteiger partial charge on any atom is -0.371 e. The van der Waals surface area contributed by atoms with Crippen molar-refractivity contribution in [3.05, 3.63) is 35.9 Å². The Morgan fingerprint density at radius 1 is 1.23 bits per heavy atom. The molecule has 0 radical (unpaired) electrons. The summed E-state index contributed by atoms with van der Waals surface area (Å²) in [5.41, 5.74) is -4.60. The molecule has 5 atom stereocenters. The van der Waals surface area contributed by atoms with Gasteiger partial charge in [0, 0.05) is 13.0 Å². The smallest absolute Gasteiger partial charge is 0.371 e. The van der Waals surface area contributed by atoms with Gasteiger partial charge in [-0.15, -0.1) is 0 Å². The zero-order valence-electron chi connectivity index (χ0n) is 14.5. The quantitative estimate of drug-likeness (QED) is 0.520. The van der Waals surface area contributed by atoms with Gasteiger partial charge in [-0.2, -0.15) is 21.6 Å². The Balaban J connectivity index is 2.05. The number of halogens is 3. The molecular weight excluding hydrogens is 377 g/mol. The molecule has 0 aromatic heterocycles. The van der Waals surface area contributed by atoms with E-state index < -0.39 is 46.1 Å². The van der Waals surface area contributed by atoms with Crippen LogP contribution in [0.5, 0.6) is 0 Å². The predicted molar refractivity (Wildman–Crippen MR) is 85.4 cm³/mol. The molecule has 1 aliphatic heterocycles. The van der Waals surface area contributed by atoms with Crippen molar-refractivity contribution in [1.82, 2.24) is 0 Å². The molecule has 1 fully saturated rings. The van der Waals surface area contributed by atoms with Gasteiger partial charge in [-0.1, -0.05) is 37.3 Å². The van der Waals surface area contributed by atoms with Crippen molar-refractivity contribution in [1.29, 1.82) is 0 Å². The van der Waals surface area contributed by atoms with E-state index in [1.807, 2.05) is 30.3 Å². The molecule has 0 N–H and O–H groups in total. The monoisotopic (exact) mass is 398 g/mol. The van der Waals surface area contributed by atoms with Crippen LogP contribution in [-0.4, -0.2) is 45.6 Å². The standard InChI is InChI=1S/C16H21F3O6S/c1-10-13(11(2)23-9-12-7-5-4-6-8-12)24-15(22-3)14(10)25-26(20,21)16(17,18)19/h4-8,10-11,13-15H,9H2,1-3H3/t10-,11+,13+,14-,15+/m0/s1. The lowest BCUT2D eigenvalue weighted by Crippen LogP contribution is -2.38. The van der Waals surface area contributed by atoms with Crippen LogP contribution in [0.3, 0.4) is 0 Å². The fraction of sp³-hybridized carbons (Fsp3) is 0.625. The molecule has 1 aliphatic rings. The summed E-state index contributed by atoms with van der Waals surface area (Å²) in [4.78, 5) is 0. The molecule has 0 amide bonds. The maximum Gasteiger partial charge on any atom is 0.523 e. The van der Waals surface area contributed by atoms with E-state index in [2.05, 4.69) is 4.18 Å². The molecular formula is C16H21F3O6S. The third kappa shape index (κ3) is 4.74. The lowest BCUT2D eigenvalue weighted by atomic mass is 9.97. The fourth-order valence-corrected chi connectivity index (χ4v) is 3.42. The molecule has 0 unspecified atom stereocenters. The lowest BCUT2D eigenvalue weighted by molar-refractivity contribution is -0.166. The first kappa shape index (κ1) is 21.1. The molecule has 148 valence electrons. The number of alkyl halides is 3. The maximum atomic E-state index is 12.6. The first-order valence-corrected chi connectivity index (χ1v) is 9.31. The van der Waals surface area contributed by atoms with Gasteiger partial charge in [-0.05, 0) is 12.5 Å². The van der Waals surface area contributed by atoms with Gasteiger partial charge in [0.1, 0.15) is 6.10 Å². The highest BCUT2D eigenvalue weighted by Gasteiger charge is 2.54. The second-order valence-corrected chi connectivity index (χ2v) is 7.59. The predicted octanol–water partition coefficient (Wildman–Crippen LogP) is 2.83. The Morgan fingerprint density at radius 2 is 1.85 bits per heavy atom. The molecule has 1 saturated heterocycles. The van der Waals surface area contributed by atoms with Gasteiger partial charge < -0.3 is 14.2 Å². The minimum absolute atomic E-state index is 0.276. The minimum atomic E-state index is -5.76. The number of ether oxygens (including phenoxy) is 3. The van der Waals surface area contributed by atoms with Crippen LogP contribution in [0.25, 0.3) is 0 Å². The Labute approximate surface area is 150 Å². The SMILES string of the molecule is CO[C@@H]1O[C@@H]([C@@H](C)OCc2ccccc2)[C@H](C)[C@@H]1OS(=O)(=O)C(F)(F)F. The molecule has 26 heavy (non-hydrogen) atoms. The van der Waals surface area contributed by atoms with Gasteiger partial charge >= 0.3 is 15.6 Å². The molecule has 10 heteroatoms. The largest absolute Gasteiger partial charge is 0.523 e. The zero-order valence-corrected chi connectivity index (χ0v) is 15.3. The maximum absolute atomic E-state index is 12.6. The summed E-state index contributed by atoms with van der Waals surface area (Å²) in [6.45, 7) is 3.50. The third-order valence-corrected chi connectivity index (χ3v) is 5.21. The van der Waals surface area contributed by atoms with E-state index in [4.69, 9.17) is 14.2 Å². The van der Waals surface area contributed by atoms with E-state index in [0.717, 1.165) is 5.56 Å². The third-order valence-electron chi connectivity index (χ3n) is 4.17. The molecule has 0 aliphatic carbocycles. The van der Waals surface area contributed by atoms with Gasteiger partial charge in [0.25, 0.3) is 0 Å². The van der Waals surface area contributed by atoms with Crippen LogP contribution in [0.4, 0.5) is 13.2 Å². The summed E-state index contributed by atoms with van der Waals surface area (Å²) in [6, 6.07) is 9.30. The van der Waals surface area contributed by atoms with Crippen molar-refractivity contribution in [3.8, 4) is 0 Å². The summed E-state index contributed by atoms with van der Waals surface area (Å²) >= 11 is 0. The number of methoxy groups -OCH3 is 1. The molecule has 1 heterocycles. The van der Waals surface area contributed by atoms with Crippen molar-refractivity contribution < 1.29 is 40.0 Å². The van der Waals surface area contributed by atoms with Crippen LogP contribution in [0, 0.1) is 5.92 Å². The first-order chi connectivity index (χ1) is 12.1. The van der Waals surface area contributed by atoms with Crippen molar-refractivity contribution in [3.63, 3.8) is 0 Å². The van der Waals surface area contributed by atoms with E-state index in [1.54, 1.807) is 6.92 Å².